The number of nitrogen functional groups attached to an aromatic ring is 1. The highest BCUT2D eigenvalue weighted by atomic mass is 32.2. The van der Waals surface area contributed by atoms with Crippen LogP contribution in [0.1, 0.15) is 36.5 Å². The second-order valence-electron chi connectivity index (χ2n) is 13.1. The van der Waals surface area contributed by atoms with Crippen molar-refractivity contribution in [2.45, 2.75) is 45.6 Å². The van der Waals surface area contributed by atoms with Crippen molar-refractivity contribution in [1.82, 2.24) is 48.4 Å². The Hall–Kier alpha value is -7.15. The highest BCUT2D eigenvalue weighted by molar-refractivity contribution is 7.88. The van der Waals surface area contributed by atoms with Crippen LogP contribution in [0.2, 0.25) is 0 Å². The third-order valence-corrected chi connectivity index (χ3v) is 10.2. The Morgan fingerprint density at radius 2 is 1.86 bits per heavy atom. The van der Waals surface area contributed by atoms with E-state index in [4.69, 9.17) is 15.3 Å². The summed E-state index contributed by atoms with van der Waals surface area (Å²) in [7, 11) is -3.50. The number of carboxylic acids is 1. The number of thiazole rings is 1. The number of hydrogen-bond donors (Lipinski definition) is 5. The van der Waals surface area contributed by atoms with Gasteiger partial charge in [-0.05, 0) is 32.4 Å². The summed E-state index contributed by atoms with van der Waals surface area (Å²) in [5.41, 5.74) is 3.65. The monoisotopic (exact) mass is 838 g/mol. The van der Waals surface area contributed by atoms with Crippen molar-refractivity contribution < 1.29 is 47.4 Å². The van der Waals surface area contributed by atoms with Crippen LogP contribution < -0.4 is 26.2 Å². The Balaban J connectivity index is 1.22. The fourth-order valence-corrected chi connectivity index (χ4v) is 6.55. The summed E-state index contributed by atoms with van der Waals surface area (Å²) in [6.07, 6.45) is 1.03. The fraction of sp³-hybridized carbons (Fsp3) is 0.273. The minimum absolute atomic E-state index is 0.000495. The van der Waals surface area contributed by atoms with E-state index in [2.05, 4.69) is 30.6 Å². The van der Waals surface area contributed by atoms with Crippen molar-refractivity contribution in [2.75, 3.05) is 12.3 Å². The molecule has 1 aromatic carbocycles. The van der Waals surface area contributed by atoms with E-state index in [0.717, 1.165) is 33.4 Å². The molecule has 0 saturated carbocycles. The third kappa shape index (κ3) is 8.48. The molecule has 0 spiro atoms. The summed E-state index contributed by atoms with van der Waals surface area (Å²) < 4.78 is 37.0. The van der Waals surface area contributed by atoms with Gasteiger partial charge in [-0.1, -0.05) is 39.6 Å². The molecule has 0 aliphatic carbocycles. The maximum Gasteiger partial charge on any atom is 0.362 e. The first kappa shape index (κ1) is 40.5. The van der Waals surface area contributed by atoms with Gasteiger partial charge in [-0.15, -0.1) is 16.4 Å². The van der Waals surface area contributed by atoms with Gasteiger partial charge < -0.3 is 30.8 Å². The molecule has 58 heavy (non-hydrogen) atoms. The van der Waals surface area contributed by atoms with Crippen molar-refractivity contribution >= 4 is 56.2 Å². The van der Waals surface area contributed by atoms with Gasteiger partial charge in [0.15, 0.2) is 28.2 Å². The number of hydrogen-bond acceptors (Lipinski definition) is 17. The lowest BCUT2D eigenvalue weighted by atomic mass is 10.1. The Morgan fingerprint density at radius 1 is 1.14 bits per heavy atom. The largest absolute Gasteiger partial charge is 0.503 e. The molecule has 6 rings (SSSR count). The van der Waals surface area contributed by atoms with Crippen molar-refractivity contribution in [3.63, 3.8) is 0 Å². The topological polar surface area (TPSA) is 310 Å². The van der Waals surface area contributed by atoms with Crippen molar-refractivity contribution in [3.05, 3.63) is 87.2 Å². The molecule has 6 N–H and O–H groups in total. The summed E-state index contributed by atoms with van der Waals surface area (Å²) in [5, 5.41) is 35.4. The van der Waals surface area contributed by atoms with Crippen LogP contribution in [0.3, 0.4) is 0 Å². The normalized spacial score (nSPS) is 14.5. The number of aryl methyl sites for hydroxylation is 2. The average molecular weight is 839 g/mol. The van der Waals surface area contributed by atoms with Crippen LogP contribution in [-0.4, -0.2) is 105 Å². The standard InChI is InChI=1S/C33H34N12O11S2/c1-17-10-19(38-42(17)4)13-43-26(20-11-24(23(46)12-35-20)55-15-18-8-6-5-7-9-18)39-45(32(43)52)58(53,54)41-31(51)44-14-21(28(44)48)36-27(47)25(22-16-57-30(34)37-22)40-56-33(2,3)29(49)50/h5-12,16,21,46H,13-15H2,1-4H3,(H2,34,37)(H,36,47)(H,41,51)(H,49,50)/b40-25-/t21-/m0/s1. The average Bonchev–Trinajstić information content (AvgIpc) is 3.85. The number of nitrogens with zero attached hydrogens (tertiary/aromatic N) is 9. The molecule has 1 fully saturated rings. The second kappa shape index (κ2) is 15.8. The van der Waals surface area contributed by atoms with Gasteiger partial charge in [-0.2, -0.15) is 13.5 Å². The first-order valence-electron chi connectivity index (χ1n) is 16.8. The van der Waals surface area contributed by atoms with Gasteiger partial charge in [0, 0.05) is 24.2 Å². The minimum Gasteiger partial charge on any atom is -0.503 e. The maximum atomic E-state index is 13.8. The number of aromatic nitrogens is 7. The van der Waals surface area contributed by atoms with Gasteiger partial charge in [-0.3, -0.25) is 23.7 Å². The lowest BCUT2D eigenvalue weighted by Crippen LogP contribution is -2.68. The summed E-state index contributed by atoms with van der Waals surface area (Å²) >= 11 is 0.937. The number of nitrogens with two attached hydrogens (primary N) is 1. The molecule has 1 aliphatic heterocycles. The van der Waals surface area contributed by atoms with E-state index < -0.39 is 63.6 Å². The van der Waals surface area contributed by atoms with E-state index in [0.29, 0.717) is 10.6 Å². The van der Waals surface area contributed by atoms with Crippen LogP contribution in [0, 0.1) is 6.92 Å². The van der Waals surface area contributed by atoms with Gasteiger partial charge in [0.25, 0.3) is 11.8 Å². The third-order valence-electron chi connectivity index (χ3n) is 8.42. The Kier molecular flexibility index (Phi) is 11.0. The number of likely N-dealkylation sites (tertiary alicyclic amines) is 1. The van der Waals surface area contributed by atoms with Crippen LogP contribution in [0.4, 0.5) is 9.93 Å². The number of β-lactam (4-membered cyclic amide) rings is 1. The number of nitrogens with one attached hydrogen (secondary N) is 2. The number of imide groups is 1. The summed E-state index contributed by atoms with van der Waals surface area (Å²) in [6, 6.07) is 9.06. The van der Waals surface area contributed by atoms with Gasteiger partial charge in [0.1, 0.15) is 24.0 Å². The van der Waals surface area contributed by atoms with Crippen molar-refractivity contribution in [3.8, 4) is 23.0 Å². The van der Waals surface area contributed by atoms with Crippen molar-refractivity contribution in [1.29, 1.82) is 0 Å². The molecular formula is C33H34N12O11S2. The van der Waals surface area contributed by atoms with Gasteiger partial charge in [0.05, 0.1) is 25.0 Å². The Labute approximate surface area is 331 Å². The maximum absolute atomic E-state index is 13.8. The van der Waals surface area contributed by atoms with Crippen LogP contribution in [0.25, 0.3) is 11.5 Å². The van der Waals surface area contributed by atoms with Gasteiger partial charge in [-0.25, -0.2) is 29.1 Å². The molecule has 0 unspecified atom stereocenters. The quantitative estimate of drug-likeness (QED) is 0.0555. The lowest BCUT2D eigenvalue weighted by Gasteiger charge is -2.36. The molecule has 5 aromatic rings. The molecule has 25 heteroatoms. The predicted molar refractivity (Wildman–Crippen MR) is 202 cm³/mol. The molecule has 0 bridgehead atoms. The number of aromatic hydroxyl groups is 1. The number of aliphatic carboxylic acids is 1. The SMILES string of the molecule is Cc1cc(Cn2c(-c3cc(OCc4ccccc4)c(O)cn3)nn(S(=O)(=O)NC(=O)N3C[C@H](NC(=O)/C(=N\OC(C)(C)C(=O)O)c4csc(N)n4)C3=O)c2=O)nn1C. The highest BCUT2D eigenvalue weighted by Crippen LogP contribution is 2.30. The number of ether oxygens (including phenoxy) is 1. The van der Waals surface area contributed by atoms with E-state index in [1.54, 1.807) is 49.0 Å². The van der Waals surface area contributed by atoms with Crippen molar-refractivity contribution in [2.24, 2.45) is 12.2 Å². The second-order valence-corrected chi connectivity index (χ2v) is 15.4. The zero-order chi connectivity index (χ0) is 42.1. The number of carbonyl (C=O) groups is 4. The number of urea groups is 1. The van der Waals surface area contributed by atoms with Crippen LogP contribution in [0.5, 0.6) is 11.5 Å². The first-order valence-corrected chi connectivity index (χ1v) is 19.1. The zero-order valence-corrected chi connectivity index (χ0v) is 32.5. The molecule has 0 radical (unpaired) electrons. The predicted octanol–water partition coefficient (Wildman–Crippen LogP) is -0.0661. The first-order chi connectivity index (χ1) is 27.3. The zero-order valence-electron chi connectivity index (χ0n) is 30.9. The van der Waals surface area contributed by atoms with E-state index in [9.17, 15) is 42.6 Å². The number of carbonyl (C=O) groups excluding carboxylic acids is 3. The molecule has 1 aliphatic rings. The number of oxime groups is 1. The van der Waals surface area contributed by atoms with E-state index in [1.165, 1.54) is 30.0 Å². The minimum atomic E-state index is -5.17. The Morgan fingerprint density at radius 3 is 2.48 bits per heavy atom. The lowest BCUT2D eigenvalue weighted by molar-refractivity contribution is -0.161. The van der Waals surface area contributed by atoms with Crippen LogP contribution in [0.15, 0.2) is 64.0 Å². The van der Waals surface area contributed by atoms with E-state index in [1.807, 2.05) is 6.07 Å². The van der Waals surface area contributed by atoms with Gasteiger partial charge in [0.2, 0.25) is 5.60 Å². The summed E-state index contributed by atoms with van der Waals surface area (Å²) in [4.78, 5) is 78.1. The number of amides is 4. The number of benzene rings is 1. The smallest absolute Gasteiger partial charge is 0.362 e. The number of anilines is 1. The number of rotatable bonds is 14. The Bertz CT molecular complexity index is 2610. The summed E-state index contributed by atoms with van der Waals surface area (Å²) in [6.45, 7) is 3.32. The molecule has 4 aromatic heterocycles. The molecule has 4 amide bonds. The van der Waals surface area contributed by atoms with E-state index >= 15 is 0 Å². The van der Waals surface area contributed by atoms with Crippen LogP contribution >= 0.6 is 11.3 Å². The molecule has 1 atom stereocenters. The fourth-order valence-electron chi connectivity index (χ4n) is 5.09. The number of pyridine rings is 1. The molecule has 5 heterocycles. The highest BCUT2D eigenvalue weighted by Gasteiger charge is 2.44. The van der Waals surface area contributed by atoms with Gasteiger partial charge >= 0.3 is 27.9 Å². The molecular weight excluding hydrogens is 805 g/mol. The van der Waals surface area contributed by atoms with Crippen LogP contribution in [-0.2, 0) is 49.6 Å². The number of carboxylic acid groups (broad SMARTS) is 1. The molecule has 23 nitrogen and oxygen atoms in total. The molecule has 1 saturated heterocycles. The summed E-state index contributed by atoms with van der Waals surface area (Å²) in [5.74, 6) is -4.23. The molecule has 304 valence electrons. The van der Waals surface area contributed by atoms with E-state index in [-0.39, 0.29) is 51.1 Å².